The molecule has 116 valence electrons. The van der Waals surface area contributed by atoms with Crippen LogP contribution in [0.3, 0.4) is 0 Å². The maximum Gasteiger partial charge on any atom is 0.360 e. The minimum atomic E-state index is -4.06. The standard InChI is InChI=1S/C12H15ClN2O5S/c13-21(17,18)11-9(7-1-2-7)14-15-10(11)12(16)20-8-3-5-19-6-4-8/h7-8H,1-6H2,(H,14,15). The Bertz CT molecular complexity index is 647. The highest BCUT2D eigenvalue weighted by Gasteiger charge is 2.37. The number of nitrogens with zero attached hydrogens (tertiary/aromatic N) is 1. The van der Waals surface area contributed by atoms with Gasteiger partial charge in [0.25, 0.3) is 9.05 Å². The lowest BCUT2D eigenvalue weighted by atomic mass is 10.1. The highest BCUT2D eigenvalue weighted by Crippen LogP contribution is 2.43. The second-order valence-corrected chi connectivity index (χ2v) is 7.75. The third-order valence-corrected chi connectivity index (χ3v) is 4.98. The molecule has 9 heteroatoms. The number of carbonyl (C=O) groups excluding carboxylic acids is 1. The van der Waals surface area contributed by atoms with Crippen LogP contribution < -0.4 is 0 Å². The molecule has 1 saturated heterocycles. The first-order chi connectivity index (χ1) is 9.97. The van der Waals surface area contributed by atoms with Gasteiger partial charge >= 0.3 is 5.97 Å². The topological polar surface area (TPSA) is 98.3 Å². The van der Waals surface area contributed by atoms with E-state index in [4.69, 9.17) is 20.2 Å². The second-order valence-electron chi connectivity index (χ2n) is 5.24. The maximum atomic E-state index is 12.2. The number of nitrogens with one attached hydrogen (secondary N) is 1. The molecule has 21 heavy (non-hydrogen) atoms. The summed E-state index contributed by atoms with van der Waals surface area (Å²) in [5, 5.41) is 6.44. The van der Waals surface area contributed by atoms with Crippen molar-refractivity contribution in [2.75, 3.05) is 13.2 Å². The Balaban J connectivity index is 1.85. The van der Waals surface area contributed by atoms with Gasteiger partial charge in [-0.1, -0.05) is 0 Å². The summed E-state index contributed by atoms with van der Waals surface area (Å²) in [5.74, 6) is -0.685. The first-order valence-electron chi connectivity index (χ1n) is 6.78. The van der Waals surface area contributed by atoms with Crippen molar-refractivity contribution in [1.82, 2.24) is 10.2 Å². The molecule has 1 N–H and O–H groups in total. The molecule has 0 aromatic carbocycles. The molecule has 1 saturated carbocycles. The van der Waals surface area contributed by atoms with E-state index in [0.717, 1.165) is 12.8 Å². The summed E-state index contributed by atoms with van der Waals surface area (Å²) in [6.45, 7) is 1.04. The highest BCUT2D eigenvalue weighted by atomic mass is 35.7. The zero-order chi connectivity index (χ0) is 15.0. The average molecular weight is 335 g/mol. The number of carbonyl (C=O) groups is 1. The van der Waals surface area contributed by atoms with Crippen LogP contribution in [0.1, 0.15) is 47.8 Å². The monoisotopic (exact) mass is 334 g/mol. The molecule has 2 heterocycles. The molecule has 0 unspecified atom stereocenters. The summed E-state index contributed by atoms with van der Waals surface area (Å²) in [5.41, 5.74) is 0.155. The predicted octanol–water partition coefficient (Wildman–Crippen LogP) is 1.55. The Morgan fingerprint density at radius 3 is 2.52 bits per heavy atom. The van der Waals surface area contributed by atoms with Gasteiger partial charge < -0.3 is 9.47 Å². The fraction of sp³-hybridized carbons (Fsp3) is 0.667. The van der Waals surface area contributed by atoms with Gasteiger partial charge in [0.05, 0.1) is 18.9 Å². The van der Waals surface area contributed by atoms with Crippen LogP contribution in [0, 0.1) is 0 Å². The van der Waals surface area contributed by atoms with Gasteiger partial charge in [0.2, 0.25) is 0 Å². The number of rotatable bonds is 4. The summed E-state index contributed by atoms with van der Waals surface area (Å²) in [6.07, 6.45) is 2.62. The van der Waals surface area contributed by atoms with E-state index in [1.165, 1.54) is 0 Å². The van der Waals surface area contributed by atoms with E-state index in [1.807, 2.05) is 0 Å². The number of halogens is 1. The molecule has 2 fully saturated rings. The molecule has 3 rings (SSSR count). The third kappa shape index (κ3) is 3.22. The molecule has 0 radical (unpaired) electrons. The molecule has 0 amide bonds. The number of ether oxygens (including phenoxy) is 2. The SMILES string of the molecule is O=C(OC1CCOCC1)c1n[nH]c(C2CC2)c1S(=O)(=O)Cl. The van der Waals surface area contributed by atoms with Gasteiger partial charge in [0.15, 0.2) is 5.69 Å². The molecule has 7 nitrogen and oxygen atoms in total. The molecule has 1 aromatic heterocycles. The number of hydrogen-bond donors (Lipinski definition) is 1. The first-order valence-corrected chi connectivity index (χ1v) is 9.09. The molecule has 1 aliphatic carbocycles. The molecule has 0 atom stereocenters. The van der Waals surface area contributed by atoms with Crippen LogP contribution >= 0.6 is 10.7 Å². The lowest BCUT2D eigenvalue weighted by molar-refractivity contribution is -0.0166. The van der Waals surface area contributed by atoms with Crippen LogP contribution in [0.2, 0.25) is 0 Å². The smallest absolute Gasteiger partial charge is 0.360 e. The normalized spacial score (nSPS) is 20.4. The fourth-order valence-corrected chi connectivity index (χ4v) is 3.68. The number of H-pyrrole nitrogens is 1. The first kappa shape index (κ1) is 14.8. The van der Waals surface area contributed by atoms with E-state index in [2.05, 4.69) is 10.2 Å². The zero-order valence-corrected chi connectivity index (χ0v) is 12.7. The summed E-state index contributed by atoms with van der Waals surface area (Å²) >= 11 is 0. The Morgan fingerprint density at radius 2 is 1.95 bits per heavy atom. The summed E-state index contributed by atoms with van der Waals surface area (Å²) < 4.78 is 34.0. The van der Waals surface area contributed by atoms with Crippen molar-refractivity contribution >= 4 is 25.7 Å². The van der Waals surface area contributed by atoms with Gasteiger partial charge in [-0.3, -0.25) is 5.10 Å². The van der Waals surface area contributed by atoms with Gasteiger partial charge in [-0.25, -0.2) is 13.2 Å². The van der Waals surface area contributed by atoms with Gasteiger partial charge in [-0.15, -0.1) is 0 Å². The Morgan fingerprint density at radius 1 is 1.29 bits per heavy atom. The van der Waals surface area contributed by atoms with Crippen LogP contribution in [0.4, 0.5) is 0 Å². The number of aromatic amines is 1. The predicted molar refractivity (Wildman–Crippen MR) is 72.9 cm³/mol. The summed E-state index contributed by atoms with van der Waals surface area (Å²) in [7, 11) is 1.39. The molecule has 0 bridgehead atoms. The maximum absolute atomic E-state index is 12.2. The van der Waals surface area contributed by atoms with E-state index in [-0.39, 0.29) is 22.6 Å². The summed E-state index contributed by atoms with van der Waals surface area (Å²) in [4.78, 5) is 11.9. The molecule has 1 aromatic rings. The van der Waals surface area contributed by atoms with Crippen molar-refractivity contribution in [3.63, 3.8) is 0 Å². The van der Waals surface area contributed by atoms with Crippen LogP contribution in [-0.2, 0) is 18.5 Å². The molecule has 0 spiro atoms. The largest absolute Gasteiger partial charge is 0.457 e. The van der Waals surface area contributed by atoms with Gasteiger partial charge in [0, 0.05) is 29.4 Å². The van der Waals surface area contributed by atoms with Crippen molar-refractivity contribution < 1.29 is 22.7 Å². The van der Waals surface area contributed by atoms with Crippen molar-refractivity contribution in [3.8, 4) is 0 Å². The van der Waals surface area contributed by atoms with Crippen molar-refractivity contribution in [1.29, 1.82) is 0 Å². The van der Waals surface area contributed by atoms with Crippen LogP contribution in [0.5, 0.6) is 0 Å². The zero-order valence-electron chi connectivity index (χ0n) is 11.2. The Hall–Kier alpha value is -1.12. The quantitative estimate of drug-likeness (QED) is 0.662. The van der Waals surface area contributed by atoms with E-state index in [9.17, 15) is 13.2 Å². The van der Waals surface area contributed by atoms with E-state index >= 15 is 0 Å². The molecular weight excluding hydrogens is 320 g/mol. The fourth-order valence-electron chi connectivity index (χ4n) is 2.38. The van der Waals surface area contributed by atoms with Crippen LogP contribution in [-0.4, -0.2) is 43.9 Å². The van der Waals surface area contributed by atoms with E-state index in [0.29, 0.717) is 31.7 Å². The number of hydrogen-bond acceptors (Lipinski definition) is 6. The second kappa shape index (κ2) is 5.58. The third-order valence-electron chi connectivity index (χ3n) is 3.61. The molecular formula is C12H15ClN2O5S. The van der Waals surface area contributed by atoms with Crippen molar-refractivity contribution in [3.05, 3.63) is 11.4 Å². The minimum Gasteiger partial charge on any atom is -0.457 e. The van der Waals surface area contributed by atoms with Gasteiger partial charge in [-0.2, -0.15) is 5.10 Å². The Labute approximate surface area is 126 Å². The number of aromatic nitrogens is 2. The molecule has 2 aliphatic rings. The highest BCUT2D eigenvalue weighted by molar-refractivity contribution is 8.13. The van der Waals surface area contributed by atoms with Crippen molar-refractivity contribution in [2.24, 2.45) is 0 Å². The molecule has 1 aliphatic heterocycles. The van der Waals surface area contributed by atoms with E-state index < -0.39 is 15.0 Å². The minimum absolute atomic E-state index is 0.0747. The average Bonchev–Trinajstić information content (AvgIpc) is 3.16. The van der Waals surface area contributed by atoms with Gasteiger partial charge in [-0.05, 0) is 12.8 Å². The lowest BCUT2D eigenvalue weighted by Gasteiger charge is -2.21. The van der Waals surface area contributed by atoms with Crippen LogP contribution in [0.25, 0.3) is 0 Å². The van der Waals surface area contributed by atoms with E-state index in [1.54, 1.807) is 0 Å². The lowest BCUT2D eigenvalue weighted by Crippen LogP contribution is -2.26. The van der Waals surface area contributed by atoms with Gasteiger partial charge in [0.1, 0.15) is 11.0 Å². The van der Waals surface area contributed by atoms with Crippen LogP contribution in [0.15, 0.2) is 4.90 Å². The Kier molecular flexibility index (Phi) is 3.94. The number of esters is 1. The van der Waals surface area contributed by atoms with Crippen molar-refractivity contribution in [2.45, 2.75) is 42.6 Å². The summed E-state index contributed by atoms with van der Waals surface area (Å²) in [6, 6.07) is 0.